The number of hydrogen-bond acceptors (Lipinski definition) is 5. The Morgan fingerprint density at radius 1 is 0.923 bits per heavy atom. The van der Waals surface area contributed by atoms with Gasteiger partial charge in [0.2, 0.25) is 5.91 Å². The smallest absolute Gasteiger partial charge is 0.317 e. The Balaban J connectivity index is 1.26. The lowest BCUT2D eigenvalue weighted by molar-refractivity contribution is -0.117. The number of amides is 4. The fourth-order valence-corrected chi connectivity index (χ4v) is 5.18. The maximum Gasteiger partial charge on any atom is 0.317 e. The van der Waals surface area contributed by atoms with E-state index < -0.39 is 0 Å². The summed E-state index contributed by atoms with van der Waals surface area (Å²) in [5, 5.41) is 6.12. The molecule has 1 aliphatic carbocycles. The molecule has 0 radical (unpaired) electrons. The first-order chi connectivity index (χ1) is 18.8. The van der Waals surface area contributed by atoms with Crippen LogP contribution in [0.2, 0.25) is 0 Å². The number of ether oxygens (including phenoxy) is 1. The molecular formula is C30H41N5O4. The minimum absolute atomic E-state index is 0.0465. The maximum absolute atomic E-state index is 13.0. The Morgan fingerprint density at radius 2 is 1.56 bits per heavy atom. The highest BCUT2D eigenvalue weighted by molar-refractivity contribution is 5.99. The lowest BCUT2D eigenvalue weighted by Crippen LogP contribution is -2.53. The predicted octanol–water partition coefficient (Wildman–Crippen LogP) is 4.35. The van der Waals surface area contributed by atoms with Crippen molar-refractivity contribution in [1.29, 1.82) is 0 Å². The minimum atomic E-state index is -0.254. The van der Waals surface area contributed by atoms with Crippen LogP contribution in [0.25, 0.3) is 0 Å². The molecule has 1 aliphatic heterocycles. The van der Waals surface area contributed by atoms with E-state index in [4.69, 9.17) is 4.74 Å². The number of urea groups is 1. The van der Waals surface area contributed by atoms with Gasteiger partial charge < -0.3 is 30.1 Å². The van der Waals surface area contributed by atoms with Crippen LogP contribution in [0.3, 0.4) is 0 Å². The summed E-state index contributed by atoms with van der Waals surface area (Å²) in [7, 11) is 1.58. The van der Waals surface area contributed by atoms with Crippen molar-refractivity contribution in [3.05, 3.63) is 54.1 Å². The molecule has 1 saturated carbocycles. The summed E-state index contributed by atoms with van der Waals surface area (Å²) in [5.41, 5.74) is 2.24. The Hall–Kier alpha value is -3.75. The van der Waals surface area contributed by atoms with Gasteiger partial charge in [-0.3, -0.25) is 9.59 Å². The van der Waals surface area contributed by atoms with Crippen LogP contribution in [0.1, 0.15) is 56.3 Å². The quantitative estimate of drug-likeness (QED) is 0.524. The predicted molar refractivity (Wildman–Crippen MR) is 153 cm³/mol. The zero-order chi connectivity index (χ0) is 27.8. The average Bonchev–Trinajstić information content (AvgIpc) is 2.96. The molecule has 2 fully saturated rings. The third kappa shape index (κ3) is 7.65. The summed E-state index contributed by atoms with van der Waals surface area (Å²) in [6, 6.07) is 14.8. The van der Waals surface area contributed by atoms with Gasteiger partial charge in [0.25, 0.3) is 5.91 Å². The van der Waals surface area contributed by atoms with Gasteiger partial charge in [-0.05, 0) is 75.2 Å². The second-order valence-electron chi connectivity index (χ2n) is 10.6. The molecule has 1 saturated heterocycles. The van der Waals surface area contributed by atoms with E-state index in [1.54, 1.807) is 36.3 Å². The number of carbonyl (C=O) groups excluding carboxylic acids is 3. The molecule has 9 nitrogen and oxygen atoms in total. The molecule has 0 spiro atoms. The van der Waals surface area contributed by atoms with Crippen molar-refractivity contribution in [3.63, 3.8) is 0 Å². The number of benzene rings is 2. The van der Waals surface area contributed by atoms with Gasteiger partial charge in [0.05, 0.1) is 7.11 Å². The number of carbonyl (C=O) groups is 3. The van der Waals surface area contributed by atoms with Crippen molar-refractivity contribution in [2.24, 2.45) is 0 Å². The highest BCUT2D eigenvalue weighted by Gasteiger charge is 2.25. The second kappa shape index (κ2) is 13.4. The van der Waals surface area contributed by atoms with E-state index in [1.165, 1.54) is 19.3 Å². The Morgan fingerprint density at radius 3 is 2.15 bits per heavy atom. The molecule has 2 aliphatic rings. The number of rotatable bonds is 8. The first-order valence-corrected chi connectivity index (χ1v) is 14.0. The zero-order valence-electron chi connectivity index (χ0n) is 23.3. The van der Waals surface area contributed by atoms with Crippen molar-refractivity contribution in [2.45, 2.75) is 58.0 Å². The number of piperazine rings is 1. The van der Waals surface area contributed by atoms with Crippen molar-refractivity contribution in [1.82, 2.24) is 15.1 Å². The van der Waals surface area contributed by atoms with Gasteiger partial charge in [-0.2, -0.15) is 0 Å². The van der Waals surface area contributed by atoms with Gasteiger partial charge >= 0.3 is 6.03 Å². The van der Waals surface area contributed by atoms with Crippen molar-refractivity contribution in [2.75, 3.05) is 50.1 Å². The molecule has 210 valence electrons. The van der Waals surface area contributed by atoms with E-state index in [-0.39, 0.29) is 30.4 Å². The van der Waals surface area contributed by atoms with Crippen molar-refractivity contribution in [3.8, 4) is 5.75 Å². The lowest BCUT2D eigenvalue weighted by Gasteiger charge is -2.37. The van der Waals surface area contributed by atoms with Crippen LogP contribution >= 0.6 is 0 Å². The van der Waals surface area contributed by atoms with E-state index in [0.717, 1.165) is 31.6 Å². The number of methoxy groups -OCH3 is 1. The van der Waals surface area contributed by atoms with Crippen LogP contribution in [0.4, 0.5) is 16.2 Å². The normalized spacial score (nSPS) is 16.1. The molecule has 2 N–H and O–H groups in total. The van der Waals surface area contributed by atoms with E-state index >= 15 is 0 Å². The topological polar surface area (TPSA) is 94.2 Å². The molecule has 1 heterocycles. The van der Waals surface area contributed by atoms with E-state index in [2.05, 4.69) is 15.5 Å². The van der Waals surface area contributed by atoms with Gasteiger partial charge in [0.15, 0.2) is 0 Å². The minimum Gasteiger partial charge on any atom is -0.497 e. The molecular weight excluding hydrogens is 494 g/mol. The number of nitrogens with one attached hydrogen (secondary N) is 2. The van der Waals surface area contributed by atoms with E-state index in [9.17, 15) is 14.4 Å². The van der Waals surface area contributed by atoms with Crippen molar-refractivity contribution >= 4 is 29.2 Å². The van der Waals surface area contributed by atoms with Gasteiger partial charge in [0, 0.05) is 55.2 Å². The molecule has 2 aromatic carbocycles. The summed E-state index contributed by atoms with van der Waals surface area (Å²) < 4.78 is 5.16. The van der Waals surface area contributed by atoms with Crippen LogP contribution in [0.5, 0.6) is 5.75 Å². The molecule has 9 heteroatoms. The van der Waals surface area contributed by atoms with Crippen LogP contribution in [-0.4, -0.2) is 79.6 Å². The molecule has 4 amide bonds. The Kier molecular flexibility index (Phi) is 9.68. The van der Waals surface area contributed by atoms with Gasteiger partial charge in [-0.25, -0.2) is 4.79 Å². The van der Waals surface area contributed by atoms with Crippen LogP contribution in [0.15, 0.2) is 48.5 Å². The average molecular weight is 536 g/mol. The number of nitrogens with zero attached hydrogens (tertiary/aromatic N) is 3. The van der Waals surface area contributed by atoms with Gasteiger partial charge in [-0.15, -0.1) is 0 Å². The molecule has 2 aromatic rings. The highest BCUT2D eigenvalue weighted by Crippen LogP contribution is 2.21. The SMILES string of the molecule is COc1ccc(C(=O)N(CC(=O)Nc2ccc(N3CCN(C(=O)NC4CCCCC4)CC3)cc2)C(C)C)cc1. The van der Waals surface area contributed by atoms with Gasteiger partial charge in [-0.1, -0.05) is 19.3 Å². The molecule has 0 atom stereocenters. The van der Waals surface area contributed by atoms with E-state index in [0.29, 0.717) is 36.1 Å². The van der Waals surface area contributed by atoms with E-state index in [1.807, 2.05) is 43.0 Å². The first-order valence-electron chi connectivity index (χ1n) is 14.0. The van der Waals surface area contributed by atoms with Crippen LogP contribution in [0, 0.1) is 0 Å². The second-order valence-corrected chi connectivity index (χ2v) is 10.6. The summed E-state index contributed by atoms with van der Waals surface area (Å²) >= 11 is 0. The standard InChI is InChI=1S/C30H41N5O4/c1-22(2)35(29(37)23-9-15-27(39-3)16-10-23)21-28(36)31-25-11-13-26(14-12-25)33-17-19-34(20-18-33)30(38)32-24-7-5-4-6-8-24/h9-16,22,24H,4-8,17-21H2,1-3H3,(H,31,36)(H,32,38). The van der Waals surface area contributed by atoms with Crippen LogP contribution in [-0.2, 0) is 4.79 Å². The fourth-order valence-electron chi connectivity index (χ4n) is 5.18. The number of anilines is 2. The first kappa shape index (κ1) is 28.3. The molecule has 0 bridgehead atoms. The number of hydrogen-bond donors (Lipinski definition) is 2. The summed E-state index contributed by atoms with van der Waals surface area (Å²) in [6.07, 6.45) is 5.85. The summed E-state index contributed by atoms with van der Waals surface area (Å²) in [5.74, 6) is 0.214. The third-order valence-electron chi connectivity index (χ3n) is 7.55. The fraction of sp³-hybridized carbons (Fsp3) is 0.500. The van der Waals surface area contributed by atoms with Gasteiger partial charge in [0.1, 0.15) is 12.3 Å². The largest absolute Gasteiger partial charge is 0.497 e. The molecule has 39 heavy (non-hydrogen) atoms. The molecule has 4 rings (SSSR count). The molecule has 0 aromatic heterocycles. The zero-order valence-corrected chi connectivity index (χ0v) is 23.3. The van der Waals surface area contributed by atoms with Crippen molar-refractivity contribution < 1.29 is 19.1 Å². The van der Waals surface area contributed by atoms with Crippen LogP contribution < -0.4 is 20.3 Å². The molecule has 0 unspecified atom stereocenters. The summed E-state index contributed by atoms with van der Waals surface area (Å²) in [4.78, 5) is 44.2. The monoisotopic (exact) mass is 535 g/mol. The Bertz CT molecular complexity index is 1110. The Labute approximate surface area is 231 Å². The maximum atomic E-state index is 13.0. The third-order valence-corrected chi connectivity index (χ3v) is 7.55. The highest BCUT2D eigenvalue weighted by atomic mass is 16.5. The summed E-state index contributed by atoms with van der Waals surface area (Å²) in [6.45, 7) is 6.64. The lowest BCUT2D eigenvalue weighted by atomic mass is 9.96.